The van der Waals surface area contributed by atoms with Crippen molar-refractivity contribution in [2.75, 3.05) is 23.9 Å². The molecule has 0 unspecified atom stereocenters. The Kier molecular flexibility index (Phi) is 7.18. The quantitative estimate of drug-likeness (QED) is 0.618. The van der Waals surface area contributed by atoms with Crippen LogP contribution in [0.5, 0.6) is 0 Å². The van der Waals surface area contributed by atoms with Crippen LogP contribution in [0.25, 0.3) is 0 Å². The molecule has 27 heavy (non-hydrogen) atoms. The van der Waals surface area contributed by atoms with Gasteiger partial charge < -0.3 is 10.6 Å². The number of carbonyl (C=O) groups excluding carboxylic acids is 1. The van der Waals surface area contributed by atoms with E-state index >= 15 is 0 Å². The number of urea groups is 1. The molecule has 1 saturated carbocycles. The lowest BCUT2D eigenvalue weighted by Crippen LogP contribution is -2.33. The van der Waals surface area contributed by atoms with Crippen LogP contribution >= 0.6 is 11.8 Å². The Labute approximate surface area is 166 Å². The first-order valence-electron chi connectivity index (χ1n) is 9.66. The van der Waals surface area contributed by atoms with Gasteiger partial charge in [-0.25, -0.2) is 4.79 Å². The number of nitrogens with zero attached hydrogens (tertiary/aromatic N) is 1. The van der Waals surface area contributed by atoms with Crippen molar-refractivity contribution in [3.05, 3.63) is 54.1 Å². The fourth-order valence-corrected chi connectivity index (χ4v) is 4.14. The molecule has 0 aliphatic heterocycles. The zero-order chi connectivity index (χ0) is 19.1. The molecule has 0 atom stereocenters. The van der Waals surface area contributed by atoms with Crippen LogP contribution in [-0.4, -0.2) is 30.3 Å². The van der Waals surface area contributed by atoms with Crippen LogP contribution in [0.15, 0.2) is 53.4 Å². The molecule has 4 nitrogen and oxygen atoms in total. The number of benzene rings is 2. The summed E-state index contributed by atoms with van der Waals surface area (Å²) in [6.45, 7) is 0.850. The fraction of sp³-hybridized carbons (Fsp3) is 0.409. The van der Waals surface area contributed by atoms with Crippen LogP contribution in [-0.2, 0) is 6.54 Å². The summed E-state index contributed by atoms with van der Waals surface area (Å²) in [5, 5.41) is 5.95. The summed E-state index contributed by atoms with van der Waals surface area (Å²) in [4.78, 5) is 16.0. The van der Waals surface area contributed by atoms with Gasteiger partial charge in [-0.05, 0) is 56.0 Å². The average Bonchev–Trinajstić information content (AvgIpc) is 2.70. The molecule has 2 N–H and O–H groups in total. The molecule has 2 aromatic carbocycles. The molecule has 0 aromatic heterocycles. The van der Waals surface area contributed by atoms with Gasteiger partial charge in [-0.3, -0.25) is 4.90 Å². The number of carbonyl (C=O) groups is 1. The molecule has 1 aliphatic carbocycles. The maximum absolute atomic E-state index is 12.5. The first-order valence-corrected chi connectivity index (χ1v) is 10.9. The number of amides is 2. The maximum atomic E-state index is 12.5. The molecule has 0 radical (unpaired) electrons. The van der Waals surface area contributed by atoms with Crippen LogP contribution in [0.2, 0.25) is 0 Å². The highest BCUT2D eigenvalue weighted by Crippen LogP contribution is 2.25. The van der Waals surface area contributed by atoms with E-state index in [1.54, 1.807) is 11.8 Å². The van der Waals surface area contributed by atoms with Crippen molar-refractivity contribution in [1.29, 1.82) is 0 Å². The van der Waals surface area contributed by atoms with Crippen LogP contribution in [0.1, 0.15) is 37.7 Å². The Bertz CT molecular complexity index is 759. The predicted molar refractivity (Wildman–Crippen MR) is 116 cm³/mol. The first kappa shape index (κ1) is 19.8. The third-order valence-corrected chi connectivity index (χ3v) is 5.94. The van der Waals surface area contributed by atoms with E-state index < -0.39 is 0 Å². The molecular formula is C22H29N3OS. The summed E-state index contributed by atoms with van der Waals surface area (Å²) >= 11 is 1.66. The van der Waals surface area contributed by atoms with Gasteiger partial charge in [0, 0.05) is 28.9 Å². The van der Waals surface area contributed by atoms with Gasteiger partial charge in [-0.15, -0.1) is 11.8 Å². The van der Waals surface area contributed by atoms with E-state index in [0.29, 0.717) is 6.04 Å². The Balaban J connectivity index is 1.63. The van der Waals surface area contributed by atoms with Crippen molar-refractivity contribution in [2.45, 2.75) is 49.6 Å². The lowest BCUT2D eigenvalue weighted by atomic mass is 9.94. The summed E-state index contributed by atoms with van der Waals surface area (Å²) in [5.41, 5.74) is 2.83. The highest BCUT2D eigenvalue weighted by atomic mass is 32.2. The van der Waals surface area contributed by atoms with Gasteiger partial charge >= 0.3 is 6.03 Å². The number of thioether (sulfide) groups is 1. The van der Waals surface area contributed by atoms with Crippen molar-refractivity contribution in [2.24, 2.45) is 0 Å². The Morgan fingerprint density at radius 3 is 2.63 bits per heavy atom. The molecule has 2 aromatic rings. The molecule has 0 bridgehead atoms. The van der Waals surface area contributed by atoms with Crippen molar-refractivity contribution in [1.82, 2.24) is 4.90 Å². The van der Waals surface area contributed by atoms with E-state index in [1.807, 2.05) is 48.7 Å². The van der Waals surface area contributed by atoms with Gasteiger partial charge in [0.05, 0.1) is 0 Å². The average molecular weight is 384 g/mol. The highest BCUT2D eigenvalue weighted by molar-refractivity contribution is 7.98. The van der Waals surface area contributed by atoms with Crippen LogP contribution in [0.3, 0.4) is 0 Å². The minimum atomic E-state index is -0.207. The predicted octanol–water partition coefficient (Wildman–Crippen LogP) is 5.82. The number of nitrogens with one attached hydrogen (secondary N) is 2. The molecule has 3 rings (SSSR count). The number of anilines is 2. The maximum Gasteiger partial charge on any atom is 0.323 e. The Morgan fingerprint density at radius 1 is 1.07 bits per heavy atom. The van der Waals surface area contributed by atoms with Gasteiger partial charge in [0.2, 0.25) is 0 Å². The normalized spacial score (nSPS) is 14.9. The molecule has 144 valence electrons. The highest BCUT2D eigenvalue weighted by Gasteiger charge is 2.19. The monoisotopic (exact) mass is 383 g/mol. The van der Waals surface area contributed by atoms with Crippen molar-refractivity contribution in [3.8, 4) is 0 Å². The smallest absolute Gasteiger partial charge is 0.308 e. The third-order valence-electron chi connectivity index (χ3n) is 5.21. The first-order chi connectivity index (χ1) is 13.2. The molecule has 0 saturated heterocycles. The second kappa shape index (κ2) is 9.81. The number of hydrogen-bond donors (Lipinski definition) is 2. The zero-order valence-corrected chi connectivity index (χ0v) is 17.0. The van der Waals surface area contributed by atoms with Gasteiger partial charge in [-0.1, -0.05) is 43.5 Å². The van der Waals surface area contributed by atoms with Crippen LogP contribution in [0, 0.1) is 0 Å². The lowest BCUT2D eigenvalue weighted by Gasteiger charge is -2.31. The molecule has 0 heterocycles. The van der Waals surface area contributed by atoms with Crippen molar-refractivity contribution < 1.29 is 4.79 Å². The van der Waals surface area contributed by atoms with Crippen molar-refractivity contribution in [3.63, 3.8) is 0 Å². The summed E-state index contributed by atoms with van der Waals surface area (Å²) in [5.74, 6) is 0. The SMILES string of the molecule is CSc1cccc(NC(=O)Nc2ccccc2CN(C)C2CCCCC2)c1. The molecular weight excluding hydrogens is 354 g/mol. The fourth-order valence-electron chi connectivity index (χ4n) is 3.69. The topological polar surface area (TPSA) is 44.4 Å². The lowest BCUT2D eigenvalue weighted by molar-refractivity contribution is 0.185. The van der Waals surface area contributed by atoms with Crippen molar-refractivity contribution >= 4 is 29.2 Å². The Morgan fingerprint density at radius 2 is 1.85 bits per heavy atom. The van der Waals surface area contributed by atoms with E-state index in [1.165, 1.54) is 32.1 Å². The Hall–Kier alpha value is -1.98. The number of hydrogen-bond acceptors (Lipinski definition) is 3. The van der Waals surface area contributed by atoms with E-state index in [4.69, 9.17) is 0 Å². The largest absolute Gasteiger partial charge is 0.323 e. The van der Waals surface area contributed by atoms with E-state index in [0.717, 1.165) is 28.4 Å². The second-order valence-corrected chi connectivity index (χ2v) is 8.05. The second-order valence-electron chi connectivity index (χ2n) is 7.18. The molecule has 0 spiro atoms. The zero-order valence-electron chi connectivity index (χ0n) is 16.2. The minimum absolute atomic E-state index is 0.207. The van der Waals surface area contributed by atoms with E-state index in [-0.39, 0.29) is 6.03 Å². The third kappa shape index (κ3) is 5.75. The van der Waals surface area contributed by atoms with E-state index in [9.17, 15) is 4.79 Å². The molecule has 5 heteroatoms. The number of rotatable bonds is 6. The summed E-state index contributed by atoms with van der Waals surface area (Å²) in [7, 11) is 2.20. The van der Waals surface area contributed by atoms with Crippen LogP contribution in [0.4, 0.5) is 16.2 Å². The molecule has 1 aliphatic rings. The van der Waals surface area contributed by atoms with Gasteiger partial charge in [0.15, 0.2) is 0 Å². The molecule has 2 amide bonds. The van der Waals surface area contributed by atoms with E-state index in [2.05, 4.69) is 28.6 Å². The number of para-hydroxylation sites is 1. The van der Waals surface area contributed by atoms with Gasteiger partial charge in [0.25, 0.3) is 0 Å². The molecule has 1 fully saturated rings. The summed E-state index contributed by atoms with van der Waals surface area (Å²) in [6, 6.07) is 16.4. The standard InChI is InChI=1S/C22H29N3OS/c1-25(19-11-4-3-5-12-19)16-17-9-6-7-14-21(17)24-22(26)23-18-10-8-13-20(15-18)27-2/h6-10,13-15,19H,3-5,11-12,16H2,1-2H3,(H2,23,24,26). The summed E-state index contributed by atoms with van der Waals surface area (Å²) < 4.78 is 0. The van der Waals surface area contributed by atoms with Gasteiger partial charge in [-0.2, -0.15) is 0 Å². The summed E-state index contributed by atoms with van der Waals surface area (Å²) in [6.07, 6.45) is 8.59. The van der Waals surface area contributed by atoms with Gasteiger partial charge in [0.1, 0.15) is 0 Å². The van der Waals surface area contributed by atoms with Crippen LogP contribution < -0.4 is 10.6 Å². The minimum Gasteiger partial charge on any atom is -0.308 e.